The predicted molar refractivity (Wildman–Crippen MR) is 130 cm³/mol. The Labute approximate surface area is 203 Å². The van der Waals surface area contributed by atoms with Gasteiger partial charge in [0.15, 0.2) is 11.0 Å². The maximum atomic E-state index is 6.13. The Morgan fingerprint density at radius 1 is 1.00 bits per heavy atom. The van der Waals surface area contributed by atoms with Gasteiger partial charge in [-0.1, -0.05) is 41.6 Å². The lowest BCUT2D eigenvalue weighted by atomic mass is 10.2. The number of hydrogen-bond acceptors (Lipinski definition) is 8. The minimum absolute atomic E-state index is 0.146. The second-order valence-corrected chi connectivity index (χ2v) is 9.69. The molecule has 10 heteroatoms. The maximum Gasteiger partial charge on any atom is 0.257 e. The molecule has 0 saturated carbocycles. The van der Waals surface area contributed by atoms with Gasteiger partial charge in [-0.15, -0.1) is 31.7 Å². The highest BCUT2D eigenvalue weighted by atomic mass is 35.5. The molecule has 0 spiro atoms. The van der Waals surface area contributed by atoms with Gasteiger partial charge in [0.25, 0.3) is 5.89 Å². The van der Waals surface area contributed by atoms with Crippen LogP contribution in [0, 0.1) is 0 Å². The number of aromatic nitrogens is 5. The first-order valence-corrected chi connectivity index (χ1v) is 12.2. The number of ether oxygens (including phenoxy) is 1. The molecule has 5 rings (SSSR count). The van der Waals surface area contributed by atoms with Crippen LogP contribution >= 0.6 is 34.7 Å². The van der Waals surface area contributed by atoms with E-state index in [1.807, 2.05) is 77.5 Å². The van der Waals surface area contributed by atoms with Gasteiger partial charge in [0.2, 0.25) is 5.89 Å². The molecule has 3 heterocycles. The molecular formula is C23H18ClN5O2S2. The van der Waals surface area contributed by atoms with E-state index in [0.29, 0.717) is 33.5 Å². The lowest BCUT2D eigenvalue weighted by Crippen LogP contribution is -2.02. The zero-order chi connectivity index (χ0) is 22.8. The quantitative estimate of drug-likeness (QED) is 0.236. The highest BCUT2D eigenvalue weighted by Crippen LogP contribution is 2.39. The lowest BCUT2D eigenvalue weighted by molar-refractivity contribution is 0.416. The van der Waals surface area contributed by atoms with E-state index in [2.05, 4.69) is 20.4 Å². The van der Waals surface area contributed by atoms with Crippen molar-refractivity contribution in [1.82, 2.24) is 25.0 Å². The van der Waals surface area contributed by atoms with Crippen molar-refractivity contribution in [1.29, 1.82) is 0 Å². The van der Waals surface area contributed by atoms with E-state index in [1.165, 1.54) is 11.8 Å². The number of benzene rings is 2. The van der Waals surface area contributed by atoms with Crippen molar-refractivity contribution in [3.63, 3.8) is 0 Å². The predicted octanol–water partition coefficient (Wildman–Crippen LogP) is 6.56. The Morgan fingerprint density at radius 3 is 2.58 bits per heavy atom. The molecule has 7 nitrogen and oxygen atoms in total. The third-order valence-corrected chi connectivity index (χ3v) is 7.01. The molecule has 5 aromatic rings. The average Bonchev–Trinajstić information content (AvgIpc) is 3.60. The van der Waals surface area contributed by atoms with Crippen LogP contribution in [0.1, 0.15) is 18.1 Å². The number of para-hydroxylation sites is 1. The summed E-state index contributed by atoms with van der Waals surface area (Å²) in [5.41, 5.74) is 1.71. The second-order valence-electron chi connectivity index (χ2n) is 7.00. The molecule has 2 aromatic carbocycles. The number of methoxy groups -OCH3 is 1. The van der Waals surface area contributed by atoms with E-state index in [1.54, 1.807) is 18.4 Å². The number of rotatable bonds is 7. The van der Waals surface area contributed by atoms with Gasteiger partial charge in [0.1, 0.15) is 5.75 Å². The monoisotopic (exact) mass is 495 g/mol. The van der Waals surface area contributed by atoms with Crippen LogP contribution in [0.3, 0.4) is 0 Å². The Hall–Kier alpha value is -3.14. The molecule has 0 N–H and O–H groups in total. The molecule has 0 amide bonds. The summed E-state index contributed by atoms with van der Waals surface area (Å²) >= 11 is 9.18. The first-order chi connectivity index (χ1) is 16.1. The van der Waals surface area contributed by atoms with E-state index in [0.717, 1.165) is 16.1 Å². The van der Waals surface area contributed by atoms with Gasteiger partial charge in [0, 0.05) is 10.7 Å². The van der Waals surface area contributed by atoms with Crippen molar-refractivity contribution in [3.05, 3.63) is 77.0 Å². The SMILES string of the molecule is COc1ccccc1-c1nnc(SC(C)c2nnc(-c3cccs3)o2)n1-c1ccc(Cl)cc1. The minimum atomic E-state index is -0.146. The van der Waals surface area contributed by atoms with Crippen LogP contribution in [0.15, 0.2) is 75.6 Å². The molecular weight excluding hydrogens is 478 g/mol. The van der Waals surface area contributed by atoms with Crippen LogP contribution in [0.25, 0.3) is 27.8 Å². The highest BCUT2D eigenvalue weighted by Gasteiger charge is 2.23. The summed E-state index contributed by atoms with van der Waals surface area (Å²) in [6.07, 6.45) is 0. The molecule has 0 bridgehead atoms. The molecule has 166 valence electrons. The molecule has 33 heavy (non-hydrogen) atoms. The van der Waals surface area contributed by atoms with Crippen LogP contribution in [0.4, 0.5) is 0 Å². The Kier molecular flexibility index (Phi) is 6.17. The molecule has 0 fully saturated rings. The first-order valence-electron chi connectivity index (χ1n) is 10.0. The van der Waals surface area contributed by atoms with Crippen molar-refractivity contribution in [2.75, 3.05) is 7.11 Å². The van der Waals surface area contributed by atoms with Crippen LogP contribution in [0.2, 0.25) is 5.02 Å². The second kappa shape index (κ2) is 9.38. The summed E-state index contributed by atoms with van der Waals surface area (Å²) in [6.45, 7) is 2.00. The van der Waals surface area contributed by atoms with Gasteiger partial charge >= 0.3 is 0 Å². The van der Waals surface area contributed by atoms with Gasteiger partial charge in [-0.25, -0.2) is 0 Å². The van der Waals surface area contributed by atoms with Gasteiger partial charge in [-0.3, -0.25) is 4.57 Å². The zero-order valence-electron chi connectivity index (χ0n) is 17.7. The van der Waals surface area contributed by atoms with Crippen molar-refractivity contribution >= 4 is 34.7 Å². The molecule has 0 aliphatic carbocycles. The van der Waals surface area contributed by atoms with E-state index < -0.39 is 0 Å². The lowest BCUT2D eigenvalue weighted by Gasteiger charge is -2.13. The average molecular weight is 496 g/mol. The molecule has 0 saturated heterocycles. The minimum Gasteiger partial charge on any atom is -0.496 e. The topological polar surface area (TPSA) is 78.9 Å². The molecule has 0 radical (unpaired) electrons. The van der Waals surface area contributed by atoms with Gasteiger partial charge in [0.05, 0.1) is 22.8 Å². The Morgan fingerprint density at radius 2 is 1.82 bits per heavy atom. The van der Waals surface area contributed by atoms with Gasteiger partial charge < -0.3 is 9.15 Å². The molecule has 3 aromatic heterocycles. The van der Waals surface area contributed by atoms with Crippen LogP contribution in [-0.4, -0.2) is 32.1 Å². The van der Waals surface area contributed by atoms with Crippen LogP contribution < -0.4 is 4.74 Å². The third kappa shape index (κ3) is 4.39. The number of thioether (sulfide) groups is 1. The fourth-order valence-electron chi connectivity index (χ4n) is 3.28. The summed E-state index contributed by atoms with van der Waals surface area (Å²) in [7, 11) is 1.64. The fourth-order valence-corrected chi connectivity index (χ4v) is 4.95. The number of thiophene rings is 1. The highest BCUT2D eigenvalue weighted by molar-refractivity contribution is 7.99. The molecule has 1 unspecified atom stereocenters. The van der Waals surface area contributed by atoms with Crippen LogP contribution in [0.5, 0.6) is 5.75 Å². The molecule has 0 aliphatic heterocycles. The fraction of sp³-hybridized carbons (Fsp3) is 0.130. The van der Waals surface area contributed by atoms with E-state index >= 15 is 0 Å². The van der Waals surface area contributed by atoms with Crippen molar-refractivity contribution < 1.29 is 9.15 Å². The number of hydrogen-bond donors (Lipinski definition) is 0. The summed E-state index contributed by atoms with van der Waals surface area (Å²) < 4.78 is 13.5. The van der Waals surface area contributed by atoms with E-state index in [9.17, 15) is 0 Å². The molecule has 0 aliphatic rings. The largest absolute Gasteiger partial charge is 0.496 e. The smallest absolute Gasteiger partial charge is 0.257 e. The van der Waals surface area contributed by atoms with Crippen molar-refractivity contribution in [3.8, 4) is 33.6 Å². The summed E-state index contributed by atoms with van der Waals surface area (Å²) in [4.78, 5) is 0.939. The Bertz CT molecular complexity index is 1370. The molecule has 1 atom stereocenters. The first kappa shape index (κ1) is 21.7. The van der Waals surface area contributed by atoms with E-state index in [-0.39, 0.29) is 5.25 Å². The summed E-state index contributed by atoms with van der Waals surface area (Å²) in [6, 6.07) is 19.2. The van der Waals surface area contributed by atoms with Crippen molar-refractivity contribution in [2.24, 2.45) is 0 Å². The maximum absolute atomic E-state index is 6.13. The normalized spacial score (nSPS) is 12.1. The standard InChI is InChI=1S/C23H18ClN5O2S2/c1-14(21-26-27-22(31-21)19-8-5-13-32-19)33-23-28-25-20(17-6-3-4-7-18(17)30-2)29(23)16-11-9-15(24)10-12-16/h3-14H,1-2H3. The van der Waals surface area contributed by atoms with Gasteiger partial charge in [-0.05, 0) is 54.8 Å². The third-order valence-electron chi connectivity index (χ3n) is 4.87. The van der Waals surface area contributed by atoms with Crippen LogP contribution in [-0.2, 0) is 0 Å². The van der Waals surface area contributed by atoms with E-state index in [4.69, 9.17) is 20.8 Å². The zero-order valence-corrected chi connectivity index (χ0v) is 20.1. The number of halogens is 1. The summed E-state index contributed by atoms with van der Waals surface area (Å²) in [5, 5.41) is 20.6. The van der Waals surface area contributed by atoms with Crippen molar-refractivity contribution in [2.45, 2.75) is 17.3 Å². The Balaban J connectivity index is 1.53. The van der Waals surface area contributed by atoms with Gasteiger partial charge in [-0.2, -0.15) is 0 Å². The summed E-state index contributed by atoms with van der Waals surface area (Å²) in [5.74, 6) is 2.41. The number of nitrogens with zero attached hydrogens (tertiary/aromatic N) is 5.